The molecule has 6 heteroatoms. The molecule has 0 amide bonds. The van der Waals surface area contributed by atoms with Crippen LogP contribution in [0.1, 0.15) is 28.8 Å². The van der Waals surface area contributed by atoms with Crippen molar-refractivity contribution in [3.8, 4) is 16.9 Å². The van der Waals surface area contributed by atoms with Crippen LogP contribution in [0.5, 0.6) is 5.75 Å². The van der Waals surface area contributed by atoms with Gasteiger partial charge in [-0.2, -0.15) is 0 Å². The average molecular weight is 343 g/mol. The molecule has 3 rings (SSSR count). The predicted octanol–water partition coefficient (Wildman–Crippen LogP) is 2.42. The third kappa shape index (κ3) is 3.05. The lowest BCUT2D eigenvalue weighted by atomic mass is 9.92. The molecule has 2 aromatic rings. The first-order valence-corrected chi connectivity index (χ1v) is 8.12. The number of hydrogen-bond acceptors (Lipinski definition) is 4. The highest BCUT2D eigenvalue weighted by Gasteiger charge is 2.24. The van der Waals surface area contributed by atoms with Gasteiger partial charge < -0.3 is 19.1 Å². The highest BCUT2D eigenvalue weighted by Crippen LogP contribution is 2.36. The minimum absolute atomic E-state index is 0.0708. The van der Waals surface area contributed by atoms with Gasteiger partial charge in [-0.1, -0.05) is 12.1 Å². The van der Waals surface area contributed by atoms with Gasteiger partial charge in [-0.3, -0.25) is 9.59 Å². The van der Waals surface area contributed by atoms with Crippen LogP contribution in [0.25, 0.3) is 11.1 Å². The molecule has 1 aliphatic rings. The van der Waals surface area contributed by atoms with Crippen LogP contribution in [0.3, 0.4) is 0 Å². The Bertz CT molecular complexity index is 898. The minimum Gasteiger partial charge on any atom is -0.496 e. The van der Waals surface area contributed by atoms with Crippen LogP contribution in [0.15, 0.2) is 23.0 Å². The zero-order valence-electron chi connectivity index (χ0n) is 14.6. The number of benzene rings is 1. The predicted molar refractivity (Wildman–Crippen MR) is 92.9 cm³/mol. The molecule has 1 aliphatic heterocycles. The summed E-state index contributed by atoms with van der Waals surface area (Å²) >= 11 is 0. The fourth-order valence-corrected chi connectivity index (χ4v) is 3.25. The number of carboxylic acid groups (broad SMARTS) is 1. The van der Waals surface area contributed by atoms with Crippen LogP contribution in [0, 0.1) is 6.92 Å². The Morgan fingerprint density at radius 1 is 1.32 bits per heavy atom. The zero-order valence-corrected chi connectivity index (χ0v) is 14.6. The second-order valence-electron chi connectivity index (χ2n) is 6.21. The quantitative estimate of drug-likeness (QED) is 0.902. The molecule has 2 heterocycles. The number of aliphatic carboxylic acids is 1. The van der Waals surface area contributed by atoms with Gasteiger partial charge in [0.15, 0.2) is 0 Å². The molecule has 1 aromatic carbocycles. The van der Waals surface area contributed by atoms with Crippen molar-refractivity contribution in [3.05, 3.63) is 50.9 Å². The topological polar surface area (TPSA) is 77.8 Å². The maximum atomic E-state index is 12.8. The van der Waals surface area contributed by atoms with Crippen LogP contribution in [-0.2, 0) is 36.2 Å². The first-order chi connectivity index (χ1) is 11.9. The monoisotopic (exact) mass is 343 g/mol. The molecule has 6 nitrogen and oxygen atoms in total. The molecule has 25 heavy (non-hydrogen) atoms. The van der Waals surface area contributed by atoms with E-state index in [1.807, 2.05) is 25.1 Å². The van der Waals surface area contributed by atoms with Gasteiger partial charge in [0.2, 0.25) is 0 Å². The van der Waals surface area contributed by atoms with Crippen molar-refractivity contribution in [1.29, 1.82) is 0 Å². The largest absolute Gasteiger partial charge is 0.496 e. The highest BCUT2D eigenvalue weighted by molar-refractivity contribution is 5.75. The number of aryl methyl sites for hydroxylation is 2. The molecule has 0 fully saturated rings. The van der Waals surface area contributed by atoms with Gasteiger partial charge in [0.25, 0.3) is 5.56 Å². The molecule has 132 valence electrons. The maximum absolute atomic E-state index is 12.8. The fourth-order valence-electron chi connectivity index (χ4n) is 3.25. The maximum Gasteiger partial charge on any atom is 0.303 e. The summed E-state index contributed by atoms with van der Waals surface area (Å²) in [6.07, 6.45) is 0.520. The number of aromatic nitrogens is 1. The van der Waals surface area contributed by atoms with E-state index in [1.165, 1.54) is 0 Å². The molecule has 0 atom stereocenters. The van der Waals surface area contributed by atoms with Crippen LogP contribution in [-0.4, -0.2) is 22.8 Å². The smallest absolute Gasteiger partial charge is 0.303 e. The lowest BCUT2D eigenvalue weighted by Gasteiger charge is -2.16. The van der Waals surface area contributed by atoms with Crippen molar-refractivity contribution in [2.24, 2.45) is 7.05 Å². The number of ether oxygens (including phenoxy) is 2. The van der Waals surface area contributed by atoms with Gasteiger partial charge in [0, 0.05) is 25.2 Å². The number of carbonyl (C=O) groups is 1. The molecule has 0 bridgehead atoms. The number of methoxy groups -OCH3 is 1. The molecule has 1 aromatic heterocycles. The van der Waals surface area contributed by atoms with Gasteiger partial charge in [0.05, 0.1) is 25.9 Å². The Hall–Kier alpha value is -2.60. The summed E-state index contributed by atoms with van der Waals surface area (Å²) in [4.78, 5) is 23.7. The number of fused-ring (bicyclic) bond motifs is 1. The van der Waals surface area contributed by atoms with Gasteiger partial charge in [0.1, 0.15) is 5.75 Å². The molecular weight excluding hydrogens is 322 g/mol. The second-order valence-corrected chi connectivity index (χ2v) is 6.21. The molecule has 0 saturated carbocycles. The van der Waals surface area contributed by atoms with E-state index in [4.69, 9.17) is 14.6 Å². The molecule has 0 spiro atoms. The number of hydrogen-bond donors (Lipinski definition) is 1. The van der Waals surface area contributed by atoms with E-state index in [2.05, 4.69) is 0 Å². The van der Waals surface area contributed by atoms with Crippen LogP contribution >= 0.6 is 0 Å². The minimum atomic E-state index is -0.828. The van der Waals surface area contributed by atoms with Crippen LogP contribution in [0.4, 0.5) is 0 Å². The van der Waals surface area contributed by atoms with E-state index in [9.17, 15) is 9.59 Å². The molecular formula is C19H21NO5. The summed E-state index contributed by atoms with van der Waals surface area (Å²) in [5.74, 6) is -0.293. The zero-order chi connectivity index (χ0) is 18.1. The highest BCUT2D eigenvalue weighted by atomic mass is 16.5. The van der Waals surface area contributed by atoms with Crippen LogP contribution < -0.4 is 10.3 Å². The summed E-state index contributed by atoms with van der Waals surface area (Å²) in [5, 5.41) is 8.93. The first kappa shape index (κ1) is 17.2. The van der Waals surface area contributed by atoms with E-state index in [0.717, 1.165) is 27.9 Å². The Kier molecular flexibility index (Phi) is 4.63. The third-order valence-electron chi connectivity index (χ3n) is 4.75. The Labute approximate surface area is 145 Å². The van der Waals surface area contributed by atoms with Crippen molar-refractivity contribution >= 4 is 5.97 Å². The average Bonchev–Trinajstić information content (AvgIpc) is 3.07. The lowest BCUT2D eigenvalue weighted by Crippen LogP contribution is -2.22. The summed E-state index contributed by atoms with van der Waals surface area (Å²) in [6.45, 7) is 2.70. The lowest BCUT2D eigenvalue weighted by molar-refractivity contribution is -0.136. The Balaban J connectivity index is 2.17. The van der Waals surface area contributed by atoms with Gasteiger partial charge in [-0.05, 0) is 35.6 Å². The van der Waals surface area contributed by atoms with E-state index < -0.39 is 5.97 Å². The number of rotatable bonds is 5. The second kappa shape index (κ2) is 6.72. The number of pyridine rings is 1. The molecule has 1 N–H and O–H groups in total. The number of nitrogens with zero attached hydrogens (tertiary/aromatic N) is 1. The summed E-state index contributed by atoms with van der Waals surface area (Å²) in [6, 6.07) is 5.61. The van der Waals surface area contributed by atoms with Gasteiger partial charge in [-0.25, -0.2) is 0 Å². The first-order valence-electron chi connectivity index (χ1n) is 8.12. The normalized spacial score (nSPS) is 12.9. The van der Waals surface area contributed by atoms with Crippen molar-refractivity contribution < 1.29 is 19.4 Å². The SMILES string of the molecule is COc1cc(C)n(C)c(=O)c1-c1ccc(CCC(=O)O)c2c1COC2. The molecule has 0 radical (unpaired) electrons. The van der Waals surface area contributed by atoms with E-state index in [1.54, 1.807) is 18.7 Å². The summed E-state index contributed by atoms with van der Waals surface area (Å²) in [7, 11) is 3.29. The third-order valence-corrected chi connectivity index (χ3v) is 4.75. The van der Waals surface area contributed by atoms with E-state index in [-0.39, 0.29) is 12.0 Å². The Morgan fingerprint density at radius 2 is 2.04 bits per heavy atom. The van der Waals surface area contributed by atoms with Crippen molar-refractivity contribution in [1.82, 2.24) is 4.57 Å². The Morgan fingerprint density at radius 3 is 2.72 bits per heavy atom. The van der Waals surface area contributed by atoms with Crippen molar-refractivity contribution in [3.63, 3.8) is 0 Å². The van der Waals surface area contributed by atoms with Crippen molar-refractivity contribution in [2.45, 2.75) is 33.0 Å². The van der Waals surface area contributed by atoms with Crippen molar-refractivity contribution in [2.75, 3.05) is 7.11 Å². The fraction of sp³-hybridized carbons (Fsp3) is 0.368. The van der Waals surface area contributed by atoms with Crippen LogP contribution in [0.2, 0.25) is 0 Å². The van der Waals surface area contributed by atoms with E-state index >= 15 is 0 Å². The van der Waals surface area contributed by atoms with Gasteiger partial charge >= 0.3 is 5.97 Å². The summed E-state index contributed by atoms with van der Waals surface area (Å²) < 4.78 is 12.6. The standard InChI is InChI=1S/C19H21NO5/c1-11-8-16(24-3)18(19(23)20(11)2)13-6-4-12(5-7-17(21)22)14-9-25-10-15(13)14/h4,6,8H,5,7,9-10H2,1-3H3,(H,21,22). The molecule has 0 unspecified atom stereocenters. The number of carboxylic acids is 1. The summed E-state index contributed by atoms with van der Waals surface area (Å²) in [5.41, 5.74) is 4.90. The molecule has 0 aliphatic carbocycles. The molecule has 0 saturated heterocycles. The van der Waals surface area contributed by atoms with Gasteiger partial charge in [-0.15, -0.1) is 0 Å². The van der Waals surface area contributed by atoms with E-state index in [0.29, 0.717) is 30.9 Å².